The summed E-state index contributed by atoms with van der Waals surface area (Å²) in [6, 6.07) is 24.1. The van der Waals surface area contributed by atoms with E-state index in [1.807, 2.05) is 72.1 Å². The van der Waals surface area contributed by atoms with Gasteiger partial charge in [0.2, 0.25) is 5.91 Å². The molecule has 6 heteroatoms. The molecule has 0 aliphatic rings. The number of Topliss-reactive ketones (excluding diaryl/α,β-unsaturated/α-hetero) is 1. The van der Waals surface area contributed by atoms with Crippen LogP contribution in [0.5, 0.6) is 0 Å². The minimum atomic E-state index is -0.198. The third-order valence-electron chi connectivity index (χ3n) is 4.73. The summed E-state index contributed by atoms with van der Waals surface area (Å²) in [4.78, 5) is 29.2. The van der Waals surface area contributed by atoms with E-state index in [1.54, 1.807) is 12.1 Å². The predicted molar refractivity (Wildman–Crippen MR) is 127 cm³/mol. The molecule has 1 heterocycles. The Morgan fingerprint density at radius 1 is 0.903 bits per heavy atom. The van der Waals surface area contributed by atoms with E-state index in [2.05, 4.69) is 5.32 Å². The molecule has 4 nitrogen and oxygen atoms in total. The highest BCUT2D eigenvalue weighted by molar-refractivity contribution is 7.13. The Hall–Kier alpha value is -3.28. The highest BCUT2D eigenvalue weighted by Gasteiger charge is 2.12. The summed E-state index contributed by atoms with van der Waals surface area (Å²) in [6.07, 6.45) is 0.300. The van der Waals surface area contributed by atoms with Crippen LogP contribution in [0.2, 0.25) is 5.02 Å². The smallest absolute Gasteiger partial charge is 0.224 e. The average Bonchev–Trinajstić information content (AvgIpc) is 3.29. The lowest BCUT2D eigenvalue weighted by molar-refractivity contribution is -0.116. The molecular weight excluding hydrogens is 428 g/mol. The molecule has 0 aliphatic carbocycles. The van der Waals surface area contributed by atoms with E-state index >= 15 is 0 Å². The molecule has 154 valence electrons. The zero-order valence-corrected chi connectivity index (χ0v) is 18.1. The number of halogens is 1. The van der Waals surface area contributed by atoms with Gasteiger partial charge in [0, 0.05) is 40.6 Å². The van der Waals surface area contributed by atoms with E-state index in [0.29, 0.717) is 16.3 Å². The maximum atomic E-state index is 12.3. The molecule has 0 unspecified atom stereocenters. The van der Waals surface area contributed by atoms with Gasteiger partial charge in [0.25, 0.3) is 0 Å². The maximum Gasteiger partial charge on any atom is 0.224 e. The van der Waals surface area contributed by atoms with Gasteiger partial charge in [0.05, 0.1) is 10.7 Å². The highest BCUT2D eigenvalue weighted by atomic mass is 35.5. The number of nitrogens with zero attached hydrogens (tertiary/aromatic N) is 1. The zero-order valence-electron chi connectivity index (χ0n) is 16.5. The number of rotatable bonds is 7. The maximum absolute atomic E-state index is 12.3. The first-order valence-electron chi connectivity index (χ1n) is 9.79. The minimum Gasteiger partial charge on any atom is -0.326 e. The van der Waals surface area contributed by atoms with Crippen LogP contribution in [0.4, 0.5) is 5.69 Å². The molecule has 0 saturated carbocycles. The van der Waals surface area contributed by atoms with Crippen LogP contribution in [-0.4, -0.2) is 16.7 Å². The Bertz CT molecular complexity index is 1220. The lowest BCUT2D eigenvalue weighted by Crippen LogP contribution is -2.13. The lowest BCUT2D eigenvalue weighted by Gasteiger charge is -2.07. The second-order valence-corrected chi connectivity index (χ2v) is 8.20. The predicted octanol–water partition coefficient (Wildman–Crippen LogP) is 6.73. The first-order valence-corrected chi connectivity index (χ1v) is 11.0. The van der Waals surface area contributed by atoms with Crippen molar-refractivity contribution < 1.29 is 9.59 Å². The summed E-state index contributed by atoms with van der Waals surface area (Å²) in [6.45, 7) is 0. The summed E-state index contributed by atoms with van der Waals surface area (Å²) in [5, 5.41) is 6.34. The van der Waals surface area contributed by atoms with E-state index in [1.165, 1.54) is 11.3 Å². The summed E-state index contributed by atoms with van der Waals surface area (Å²) in [5.74, 6) is -0.240. The van der Waals surface area contributed by atoms with Crippen molar-refractivity contribution in [2.75, 3.05) is 5.32 Å². The number of nitrogens with one attached hydrogen (secondary N) is 1. The van der Waals surface area contributed by atoms with Crippen LogP contribution in [0.3, 0.4) is 0 Å². The highest BCUT2D eigenvalue weighted by Crippen LogP contribution is 2.33. The molecule has 0 radical (unpaired) electrons. The number of aromatic nitrogens is 1. The van der Waals surface area contributed by atoms with Crippen molar-refractivity contribution in [3.05, 3.63) is 94.8 Å². The normalized spacial score (nSPS) is 10.6. The number of hydrogen-bond acceptors (Lipinski definition) is 4. The van der Waals surface area contributed by atoms with Crippen LogP contribution in [0.1, 0.15) is 23.2 Å². The van der Waals surface area contributed by atoms with Gasteiger partial charge < -0.3 is 5.32 Å². The van der Waals surface area contributed by atoms with E-state index in [0.717, 1.165) is 21.8 Å². The summed E-state index contributed by atoms with van der Waals surface area (Å²) < 4.78 is 0. The monoisotopic (exact) mass is 446 g/mol. The Balaban J connectivity index is 1.41. The van der Waals surface area contributed by atoms with Crippen molar-refractivity contribution >= 4 is 40.3 Å². The lowest BCUT2D eigenvalue weighted by atomic mass is 10.1. The standard InChI is InChI=1S/C25H19ClN2O2S/c26-21-12-5-4-11-20(21)25-28-22(16-31-25)18-9-6-10-19(15-18)27-24(30)14-13-23(29)17-7-2-1-3-8-17/h1-12,15-16H,13-14H2,(H,27,30). The second-order valence-electron chi connectivity index (χ2n) is 6.94. The van der Waals surface area contributed by atoms with E-state index in [9.17, 15) is 9.59 Å². The number of carbonyl (C=O) groups is 2. The van der Waals surface area contributed by atoms with Crippen LogP contribution >= 0.6 is 22.9 Å². The van der Waals surface area contributed by atoms with Gasteiger partial charge in [-0.2, -0.15) is 0 Å². The third-order valence-corrected chi connectivity index (χ3v) is 5.93. The summed E-state index contributed by atoms with van der Waals surface area (Å²) in [5.41, 5.74) is 3.90. The van der Waals surface area contributed by atoms with E-state index < -0.39 is 0 Å². The van der Waals surface area contributed by atoms with Crippen molar-refractivity contribution in [1.82, 2.24) is 4.98 Å². The number of carbonyl (C=O) groups excluding carboxylic acids is 2. The van der Waals surface area contributed by atoms with Crippen LogP contribution in [-0.2, 0) is 4.79 Å². The van der Waals surface area contributed by atoms with Crippen molar-refractivity contribution in [2.45, 2.75) is 12.8 Å². The SMILES string of the molecule is O=C(CCC(=O)c1ccccc1)Nc1cccc(-c2csc(-c3ccccc3Cl)n2)c1. The molecule has 1 aromatic heterocycles. The topological polar surface area (TPSA) is 59.1 Å². The zero-order chi connectivity index (χ0) is 21.6. The van der Waals surface area contributed by atoms with Gasteiger partial charge in [-0.1, -0.05) is 72.3 Å². The van der Waals surface area contributed by atoms with Gasteiger partial charge in [-0.3, -0.25) is 9.59 Å². The molecule has 1 amide bonds. The van der Waals surface area contributed by atoms with E-state index in [-0.39, 0.29) is 24.5 Å². The molecule has 0 bridgehead atoms. The van der Waals surface area contributed by atoms with Gasteiger partial charge in [-0.05, 0) is 18.2 Å². The average molecular weight is 447 g/mol. The van der Waals surface area contributed by atoms with Crippen LogP contribution in [0, 0.1) is 0 Å². The molecule has 3 aromatic carbocycles. The molecule has 0 atom stereocenters. The number of ketones is 1. The summed E-state index contributed by atoms with van der Waals surface area (Å²) in [7, 11) is 0. The molecule has 0 aliphatic heterocycles. The quantitative estimate of drug-likeness (QED) is 0.320. The second kappa shape index (κ2) is 9.69. The van der Waals surface area contributed by atoms with Crippen LogP contribution in [0.25, 0.3) is 21.8 Å². The van der Waals surface area contributed by atoms with Crippen molar-refractivity contribution in [1.29, 1.82) is 0 Å². The third kappa shape index (κ3) is 5.26. The molecule has 0 spiro atoms. The molecule has 0 fully saturated rings. The molecule has 31 heavy (non-hydrogen) atoms. The number of anilines is 1. The Morgan fingerprint density at radius 2 is 1.68 bits per heavy atom. The number of thiazole rings is 1. The summed E-state index contributed by atoms with van der Waals surface area (Å²) >= 11 is 7.80. The van der Waals surface area contributed by atoms with E-state index in [4.69, 9.17) is 16.6 Å². The first kappa shape index (κ1) is 21.0. The number of amides is 1. The molecule has 4 aromatic rings. The Kier molecular flexibility index (Phi) is 6.55. The first-order chi connectivity index (χ1) is 15.1. The van der Waals surface area contributed by atoms with Gasteiger partial charge in [0.1, 0.15) is 5.01 Å². The van der Waals surface area contributed by atoms with Crippen LogP contribution in [0.15, 0.2) is 84.2 Å². The fourth-order valence-corrected chi connectivity index (χ4v) is 4.29. The van der Waals surface area contributed by atoms with Crippen molar-refractivity contribution in [3.8, 4) is 21.8 Å². The van der Waals surface area contributed by atoms with Gasteiger partial charge >= 0.3 is 0 Å². The largest absolute Gasteiger partial charge is 0.326 e. The van der Waals surface area contributed by atoms with Crippen molar-refractivity contribution in [3.63, 3.8) is 0 Å². The molecular formula is C25H19ClN2O2S. The van der Waals surface area contributed by atoms with Crippen molar-refractivity contribution in [2.24, 2.45) is 0 Å². The minimum absolute atomic E-state index is 0.0425. The molecule has 0 saturated heterocycles. The Labute approximate surface area is 189 Å². The molecule has 4 rings (SSSR count). The Morgan fingerprint density at radius 3 is 2.48 bits per heavy atom. The van der Waals surface area contributed by atoms with Crippen LogP contribution < -0.4 is 5.32 Å². The van der Waals surface area contributed by atoms with Gasteiger partial charge in [0.15, 0.2) is 5.78 Å². The van der Waals surface area contributed by atoms with Gasteiger partial charge in [-0.15, -0.1) is 11.3 Å². The molecule has 1 N–H and O–H groups in total. The fraction of sp³-hybridized carbons (Fsp3) is 0.0800. The van der Waals surface area contributed by atoms with Gasteiger partial charge in [-0.25, -0.2) is 4.98 Å². The number of hydrogen-bond donors (Lipinski definition) is 1. The fourth-order valence-electron chi connectivity index (χ4n) is 3.14. The number of benzene rings is 3.